The second-order valence-corrected chi connectivity index (χ2v) is 10.4. The molecule has 0 atom stereocenters. The molecule has 15 heteroatoms. The first-order valence-corrected chi connectivity index (χ1v) is 12.9. The molecule has 1 aliphatic rings. The summed E-state index contributed by atoms with van der Waals surface area (Å²) in [6, 6.07) is 16.0. The van der Waals surface area contributed by atoms with Gasteiger partial charge in [-0.25, -0.2) is 0 Å². The van der Waals surface area contributed by atoms with E-state index >= 15 is 0 Å². The predicted octanol–water partition coefficient (Wildman–Crippen LogP) is 6.36. The van der Waals surface area contributed by atoms with E-state index in [0.717, 1.165) is 38.5 Å². The fourth-order valence-corrected chi connectivity index (χ4v) is 4.70. The van der Waals surface area contributed by atoms with Gasteiger partial charge < -0.3 is 9.47 Å². The minimum atomic E-state index is -5.34. The molecule has 0 unspecified atom stereocenters. The summed E-state index contributed by atoms with van der Waals surface area (Å²) in [5.41, 5.74) is -1.15. The summed E-state index contributed by atoms with van der Waals surface area (Å²) < 4.78 is 107. The maximum Gasteiger partial charge on any atom is 0.573 e. The molecule has 3 aromatic carbocycles. The van der Waals surface area contributed by atoms with Crippen molar-refractivity contribution in [3.8, 4) is 39.6 Å². The SMILES string of the molecule is COS(=O)(=O)C(F)(F)F.C[n+]1c2c3c(cccc3c3ccc(-c4cn[nH]c4)cc31)Oc1ccc(OC(F)(F)F)cc1-2. The van der Waals surface area contributed by atoms with Crippen molar-refractivity contribution in [3.63, 3.8) is 0 Å². The highest BCUT2D eigenvalue weighted by atomic mass is 32.2. The van der Waals surface area contributed by atoms with Crippen molar-refractivity contribution in [1.29, 1.82) is 0 Å². The van der Waals surface area contributed by atoms with E-state index in [1.807, 2.05) is 54.2 Å². The number of aromatic nitrogens is 3. The number of ether oxygens (including phenoxy) is 2. The predicted molar refractivity (Wildman–Crippen MR) is 134 cm³/mol. The summed E-state index contributed by atoms with van der Waals surface area (Å²) >= 11 is 0. The second kappa shape index (κ2) is 9.92. The zero-order chi connectivity index (χ0) is 29.7. The number of nitrogens with zero attached hydrogens (tertiary/aromatic N) is 2. The standard InChI is InChI=1S/C24H14F3N3O2.C2H3F3O3S/c1-30-19-9-13(14-11-28-29-12-14)5-7-16(19)17-3-2-4-21-22(17)23(30)18-10-15(32-24(25,26)27)6-8-20(18)31-21;1-8-9(6,7)2(3,4)5/h2-12H,1H3;1H3/p+1. The van der Waals surface area contributed by atoms with E-state index in [-0.39, 0.29) is 5.75 Å². The highest BCUT2D eigenvalue weighted by Gasteiger charge is 2.46. The monoisotopic (exact) mass is 598 g/mol. The third kappa shape index (κ3) is 5.25. The second-order valence-electron chi connectivity index (χ2n) is 8.68. The van der Waals surface area contributed by atoms with Gasteiger partial charge >= 0.3 is 22.0 Å². The molecule has 2 aromatic heterocycles. The summed E-state index contributed by atoms with van der Waals surface area (Å²) in [6.45, 7) is 0. The first kappa shape index (κ1) is 28.2. The molecule has 0 saturated heterocycles. The van der Waals surface area contributed by atoms with Crippen molar-refractivity contribution in [1.82, 2.24) is 10.2 Å². The minimum absolute atomic E-state index is 0.292. The number of hydrogen-bond donors (Lipinski definition) is 1. The lowest BCUT2D eigenvalue weighted by Gasteiger charge is -2.21. The number of aryl methyl sites for hydroxylation is 1. The number of rotatable bonds is 3. The molecule has 0 amide bonds. The molecule has 3 heterocycles. The Hall–Kier alpha value is -4.37. The van der Waals surface area contributed by atoms with Gasteiger partial charge in [0.15, 0.2) is 0 Å². The number of fused-ring (bicyclic) bond motifs is 4. The third-order valence-electron chi connectivity index (χ3n) is 6.24. The zero-order valence-corrected chi connectivity index (χ0v) is 21.8. The van der Waals surface area contributed by atoms with Crippen LogP contribution in [0, 0.1) is 0 Å². The number of hydrogen-bond acceptors (Lipinski definition) is 6. The van der Waals surface area contributed by atoms with Crippen LogP contribution in [0.25, 0.3) is 44.1 Å². The maximum atomic E-state index is 12.8. The Morgan fingerprint density at radius 3 is 2.29 bits per heavy atom. The smallest absolute Gasteiger partial charge is 0.456 e. The normalized spacial score (nSPS) is 12.9. The molecule has 41 heavy (non-hydrogen) atoms. The number of aromatic amines is 1. The first-order valence-electron chi connectivity index (χ1n) is 11.5. The maximum absolute atomic E-state index is 12.8. The lowest BCUT2D eigenvalue weighted by Crippen LogP contribution is -2.33. The third-order valence-corrected chi connectivity index (χ3v) is 7.25. The Morgan fingerprint density at radius 1 is 0.927 bits per heavy atom. The van der Waals surface area contributed by atoms with Crippen LogP contribution in [0.1, 0.15) is 0 Å². The quantitative estimate of drug-likeness (QED) is 0.0838. The van der Waals surface area contributed by atoms with Gasteiger partial charge in [-0.3, -0.25) is 9.28 Å². The Labute approximate surface area is 227 Å². The van der Waals surface area contributed by atoms with E-state index in [1.165, 1.54) is 18.2 Å². The van der Waals surface area contributed by atoms with E-state index in [1.54, 1.807) is 6.20 Å². The van der Waals surface area contributed by atoms with Gasteiger partial charge in [0.1, 0.15) is 24.3 Å². The largest absolute Gasteiger partial charge is 0.573 e. The molecular weight excluding hydrogens is 580 g/mol. The first-order chi connectivity index (χ1) is 19.2. The van der Waals surface area contributed by atoms with E-state index in [4.69, 9.17) is 4.74 Å². The van der Waals surface area contributed by atoms with Crippen LogP contribution in [0.4, 0.5) is 26.3 Å². The lowest BCUT2D eigenvalue weighted by atomic mass is 9.95. The van der Waals surface area contributed by atoms with Gasteiger partial charge in [0.25, 0.3) is 0 Å². The van der Waals surface area contributed by atoms with Gasteiger partial charge in [0, 0.05) is 23.2 Å². The van der Waals surface area contributed by atoms with Crippen LogP contribution in [-0.2, 0) is 21.3 Å². The molecule has 8 nitrogen and oxygen atoms in total. The summed E-state index contributed by atoms with van der Waals surface area (Å²) in [6.07, 6.45) is -1.22. The van der Waals surface area contributed by atoms with Crippen molar-refractivity contribution in [2.45, 2.75) is 11.9 Å². The van der Waals surface area contributed by atoms with Gasteiger partial charge in [0.05, 0.1) is 29.6 Å². The van der Waals surface area contributed by atoms with Gasteiger partial charge in [-0.2, -0.15) is 31.3 Å². The van der Waals surface area contributed by atoms with Crippen LogP contribution in [0.5, 0.6) is 17.2 Å². The number of alkyl halides is 6. The van der Waals surface area contributed by atoms with Crippen molar-refractivity contribution < 1.29 is 53.0 Å². The van der Waals surface area contributed by atoms with E-state index in [0.29, 0.717) is 24.2 Å². The molecule has 5 aromatic rings. The molecule has 1 aliphatic heterocycles. The van der Waals surface area contributed by atoms with E-state index in [2.05, 4.69) is 19.1 Å². The molecule has 0 radical (unpaired) electrons. The fourth-order valence-electron chi connectivity index (χ4n) is 4.51. The van der Waals surface area contributed by atoms with Gasteiger partial charge in [-0.15, -0.1) is 13.2 Å². The Balaban J connectivity index is 0.000000327. The highest BCUT2D eigenvalue weighted by molar-refractivity contribution is 7.87. The van der Waals surface area contributed by atoms with Crippen LogP contribution >= 0.6 is 0 Å². The van der Waals surface area contributed by atoms with Crippen LogP contribution in [0.15, 0.2) is 67.0 Å². The minimum Gasteiger partial charge on any atom is -0.456 e. The molecule has 0 saturated carbocycles. The highest BCUT2D eigenvalue weighted by Crippen LogP contribution is 2.47. The van der Waals surface area contributed by atoms with Crippen LogP contribution in [0.3, 0.4) is 0 Å². The average molecular weight is 599 g/mol. The fraction of sp³-hybridized carbons (Fsp3) is 0.154. The van der Waals surface area contributed by atoms with E-state index < -0.39 is 22.0 Å². The number of halogens is 6. The molecule has 6 rings (SSSR count). The Morgan fingerprint density at radius 2 is 1.68 bits per heavy atom. The number of H-pyrrole nitrogens is 1. The van der Waals surface area contributed by atoms with Gasteiger partial charge in [0.2, 0.25) is 11.2 Å². The summed E-state index contributed by atoms with van der Waals surface area (Å²) in [4.78, 5) is 0. The Bertz CT molecular complexity index is 1890. The number of benzene rings is 3. The molecule has 0 bridgehead atoms. The van der Waals surface area contributed by atoms with Crippen molar-refractivity contribution in [3.05, 3.63) is 67.0 Å². The van der Waals surface area contributed by atoms with Crippen molar-refractivity contribution in [2.75, 3.05) is 7.11 Å². The van der Waals surface area contributed by atoms with Crippen molar-refractivity contribution in [2.24, 2.45) is 7.05 Å². The van der Waals surface area contributed by atoms with Crippen LogP contribution < -0.4 is 14.0 Å². The summed E-state index contributed by atoms with van der Waals surface area (Å²) in [5, 5.41) is 9.65. The van der Waals surface area contributed by atoms with Gasteiger partial charge in [-0.05, 0) is 35.9 Å². The topological polar surface area (TPSA) is 94.4 Å². The average Bonchev–Trinajstić information content (AvgIpc) is 3.45. The summed E-state index contributed by atoms with van der Waals surface area (Å²) in [7, 11) is -2.99. The van der Waals surface area contributed by atoms with Crippen LogP contribution in [0.2, 0.25) is 0 Å². The van der Waals surface area contributed by atoms with Crippen LogP contribution in [-0.4, -0.2) is 37.6 Å². The van der Waals surface area contributed by atoms with Crippen molar-refractivity contribution >= 4 is 31.8 Å². The summed E-state index contributed by atoms with van der Waals surface area (Å²) in [5.74, 6) is 0.839. The molecule has 0 aliphatic carbocycles. The molecule has 214 valence electrons. The number of nitrogens with one attached hydrogen (secondary N) is 1. The lowest BCUT2D eigenvalue weighted by molar-refractivity contribution is -0.632. The molecular formula is C26H18F6N3O5S+. The van der Waals surface area contributed by atoms with E-state index in [9.17, 15) is 34.8 Å². The molecule has 0 spiro atoms. The van der Waals surface area contributed by atoms with Gasteiger partial charge in [-0.1, -0.05) is 18.2 Å². The Kier molecular flexibility index (Phi) is 6.82. The zero-order valence-electron chi connectivity index (χ0n) is 21.0. The molecule has 0 fully saturated rings. The molecule has 1 N–H and O–H groups in total. The number of pyridine rings is 1.